The maximum absolute atomic E-state index is 11.3. The number of nitrogens with zero attached hydrogens (tertiary/aromatic N) is 1. The molecule has 0 aliphatic rings. The minimum Gasteiger partial charge on any atom is -0.466 e. The van der Waals surface area contributed by atoms with Crippen molar-refractivity contribution in [3.63, 3.8) is 0 Å². The number of thiazole rings is 1. The van der Waals surface area contributed by atoms with Gasteiger partial charge in [-0.2, -0.15) is 0 Å². The lowest BCUT2D eigenvalue weighted by atomic mass is 10.2. The standard InChI is InChI=1S/C15H16BrNO2S/c1-2-19-15(18)8-7-13-10-20-14(17-13)9-11-3-5-12(16)6-4-11/h3-6,10H,2,7-9H2,1H3. The highest BCUT2D eigenvalue weighted by Gasteiger charge is 2.07. The van der Waals surface area contributed by atoms with Crippen LogP contribution >= 0.6 is 27.3 Å². The minimum atomic E-state index is -0.157. The van der Waals surface area contributed by atoms with E-state index in [9.17, 15) is 4.79 Å². The van der Waals surface area contributed by atoms with Gasteiger partial charge in [0.1, 0.15) is 0 Å². The van der Waals surface area contributed by atoms with Gasteiger partial charge in [-0.1, -0.05) is 28.1 Å². The molecule has 0 bridgehead atoms. The Morgan fingerprint density at radius 3 is 2.80 bits per heavy atom. The van der Waals surface area contributed by atoms with Crippen LogP contribution in [0.3, 0.4) is 0 Å². The number of hydrogen-bond acceptors (Lipinski definition) is 4. The van der Waals surface area contributed by atoms with Crippen LogP contribution in [0.1, 0.15) is 29.6 Å². The summed E-state index contributed by atoms with van der Waals surface area (Å²) >= 11 is 5.06. The molecule has 0 amide bonds. The van der Waals surface area contributed by atoms with Gasteiger partial charge in [-0.3, -0.25) is 4.79 Å². The zero-order valence-electron chi connectivity index (χ0n) is 11.3. The summed E-state index contributed by atoms with van der Waals surface area (Å²) in [7, 11) is 0. The predicted octanol–water partition coefficient (Wildman–Crippen LogP) is 3.99. The van der Waals surface area contributed by atoms with Gasteiger partial charge < -0.3 is 4.74 Å². The smallest absolute Gasteiger partial charge is 0.306 e. The van der Waals surface area contributed by atoms with Crippen LogP contribution in [0.15, 0.2) is 34.1 Å². The third-order valence-electron chi connectivity index (χ3n) is 2.76. The average molecular weight is 354 g/mol. The van der Waals surface area contributed by atoms with Gasteiger partial charge in [0.15, 0.2) is 0 Å². The fourth-order valence-electron chi connectivity index (χ4n) is 1.79. The molecular formula is C15H16BrNO2S. The number of aryl methyl sites for hydroxylation is 1. The van der Waals surface area contributed by atoms with E-state index in [4.69, 9.17) is 4.74 Å². The van der Waals surface area contributed by atoms with E-state index in [-0.39, 0.29) is 5.97 Å². The van der Waals surface area contributed by atoms with Gasteiger partial charge in [0.25, 0.3) is 0 Å². The lowest BCUT2D eigenvalue weighted by Gasteiger charge is -1.99. The molecule has 0 radical (unpaired) electrons. The van der Waals surface area contributed by atoms with Crippen molar-refractivity contribution in [2.75, 3.05) is 6.61 Å². The number of aromatic nitrogens is 1. The summed E-state index contributed by atoms with van der Waals surface area (Å²) in [5.41, 5.74) is 2.20. The third-order valence-corrected chi connectivity index (χ3v) is 4.18. The molecule has 2 aromatic rings. The second-order valence-corrected chi connectivity index (χ2v) is 6.20. The molecule has 106 valence electrons. The van der Waals surface area contributed by atoms with Crippen LogP contribution in [-0.4, -0.2) is 17.6 Å². The quantitative estimate of drug-likeness (QED) is 0.737. The van der Waals surface area contributed by atoms with E-state index in [0.717, 1.165) is 21.6 Å². The van der Waals surface area contributed by atoms with Crippen molar-refractivity contribution in [2.45, 2.75) is 26.2 Å². The van der Waals surface area contributed by atoms with Crippen molar-refractivity contribution < 1.29 is 9.53 Å². The van der Waals surface area contributed by atoms with Gasteiger partial charge in [0, 0.05) is 22.7 Å². The van der Waals surface area contributed by atoms with Gasteiger partial charge >= 0.3 is 5.97 Å². The molecule has 20 heavy (non-hydrogen) atoms. The number of hydrogen-bond donors (Lipinski definition) is 0. The van der Waals surface area contributed by atoms with E-state index in [2.05, 4.69) is 33.0 Å². The zero-order valence-corrected chi connectivity index (χ0v) is 13.7. The summed E-state index contributed by atoms with van der Waals surface area (Å²) in [6.45, 7) is 2.25. The van der Waals surface area contributed by atoms with Gasteiger partial charge in [-0.15, -0.1) is 11.3 Å². The minimum absolute atomic E-state index is 0.157. The van der Waals surface area contributed by atoms with E-state index in [1.807, 2.05) is 24.4 Å². The van der Waals surface area contributed by atoms with E-state index in [0.29, 0.717) is 19.4 Å². The van der Waals surface area contributed by atoms with Crippen LogP contribution in [-0.2, 0) is 22.4 Å². The molecule has 0 unspecified atom stereocenters. The normalized spacial score (nSPS) is 10.5. The fraction of sp³-hybridized carbons (Fsp3) is 0.333. The van der Waals surface area contributed by atoms with Crippen LogP contribution in [0.5, 0.6) is 0 Å². The monoisotopic (exact) mass is 353 g/mol. The Morgan fingerprint density at radius 1 is 1.35 bits per heavy atom. The Morgan fingerprint density at radius 2 is 2.10 bits per heavy atom. The van der Waals surface area contributed by atoms with Crippen molar-refractivity contribution >= 4 is 33.2 Å². The highest BCUT2D eigenvalue weighted by molar-refractivity contribution is 9.10. The van der Waals surface area contributed by atoms with Gasteiger partial charge in [-0.25, -0.2) is 4.98 Å². The molecule has 0 aliphatic carbocycles. The second kappa shape index (κ2) is 7.55. The van der Waals surface area contributed by atoms with Gasteiger partial charge in [0.05, 0.1) is 23.7 Å². The Hall–Kier alpha value is -1.20. The molecule has 0 saturated carbocycles. The number of halogens is 1. The summed E-state index contributed by atoms with van der Waals surface area (Å²) < 4.78 is 5.99. The van der Waals surface area contributed by atoms with Crippen LogP contribution in [0.4, 0.5) is 0 Å². The van der Waals surface area contributed by atoms with Crippen molar-refractivity contribution in [1.82, 2.24) is 4.98 Å². The number of benzene rings is 1. The average Bonchev–Trinajstić information content (AvgIpc) is 2.87. The first-order chi connectivity index (χ1) is 9.67. The molecule has 0 N–H and O–H groups in total. The van der Waals surface area contributed by atoms with Crippen LogP contribution in [0, 0.1) is 0 Å². The number of rotatable bonds is 6. The first-order valence-corrected chi connectivity index (χ1v) is 8.18. The number of carbonyl (C=O) groups is 1. The van der Waals surface area contributed by atoms with Crippen molar-refractivity contribution in [1.29, 1.82) is 0 Å². The number of carbonyl (C=O) groups excluding carboxylic acids is 1. The van der Waals surface area contributed by atoms with Crippen molar-refractivity contribution in [3.05, 3.63) is 50.4 Å². The molecule has 1 aromatic carbocycles. The summed E-state index contributed by atoms with van der Waals surface area (Å²) in [5.74, 6) is -0.157. The van der Waals surface area contributed by atoms with E-state index in [1.54, 1.807) is 11.3 Å². The Labute approximate surface area is 131 Å². The summed E-state index contributed by atoms with van der Waals surface area (Å²) in [5, 5.41) is 3.10. The molecule has 1 heterocycles. The van der Waals surface area contributed by atoms with Crippen molar-refractivity contribution in [2.24, 2.45) is 0 Å². The Bertz CT molecular complexity index is 566. The molecule has 3 nitrogen and oxygen atoms in total. The van der Waals surface area contributed by atoms with Gasteiger partial charge in [-0.05, 0) is 24.6 Å². The molecule has 0 fully saturated rings. The largest absolute Gasteiger partial charge is 0.466 e. The van der Waals surface area contributed by atoms with E-state index in [1.165, 1.54) is 5.56 Å². The third kappa shape index (κ3) is 4.72. The molecule has 1 aromatic heterocycles. The Balaban J connectivity index is 1.88. The van der Waals surface area contributed by atoms with E-state index < -0.39 is 0 Å². The highest BCUT2D eigenvalue weighted by atomic mass is 79.9. The van der Waals surface area contributed by atoms with Crippen molar-refractivity contribution in [3.8, 4) is 0 Å². The molecule has 0 spiro atoms. The predicted molar refractivity (Wildman–Crippen MR) is 84.0 cm³/mol. The lowest BCUT2D eigenvalue weighted by molar-refractivity contribution is -0.143. The molecule has 0 atom stereocenters. The molecule has 2 rings (SSSR count). The second-order valence-electron chi connectivity index (χ2n) is 4.34. The first-order valence-electron chi connectivity index (χ1n) is 6.50. The summed E-state index contributed by atoms with van der Waals surface area (Å²) in [6.07, 6.45) is 1.88. The number of esters is 1. The molecule has 0 saturated heterocycles. The maximum Gasteiger partial charge on any atom is 0.306 e. The van der Waals surface area contributed by atoms with Crippen LogP contribution < -0.4 is 0 Å². The molecular weight excluding hydrogens is 338 g/mol. The topological polar surface area (TPSA) is 39.2 Å². The van der Waals surface area contributed by atoms with Crippen LogP contribution in [0.25, 0.3) is 0 Å². The first kappa shape index (κ1) is 15.2. The van der Waals surface area contributed by atoms with Gasteiger partial charge in [0.2, 0.25) is 0 Å². The van der Waals surface area contributed by atoms with Crippen LogP contribution in [0.2, 0.25) is 0 Å². The lowest BCUT2D eigenvalue weighted by Crippen LogP contribution is -2.05. The zero-order chi connectivity index (χ0) is 14.4. The SMILES string of the molecule is CCOC(=O)CCc1csc(Cc2ccc(Br)cc2)n1. The van der Waals surface area contributed by atoms with E-state index >= 15 is 0 Å². The highest BCUT2D eigenvalue weighted by Crippen LogP contribution is 2.18. The fourth-order valence-corrected chi connectivity index (χ4v) is 2.91. The number of ether oxygens (including phenoxy) is 1. The molecule has 5 heteroatoms. The summed E-state index contributed by atoms with van der Waals surface area (Å²) in [6, 6.07) is 8.24. The summed E-state index contributed by atoms with van der Waals surface area (Å²) in [4.78, 5) is 15.9. The Kier molecular flexibility index (Phi) is 5.73. The maximum atomic E-state index is 11.3. The molecule has 0 aliphatic heterocycles.